The first-order valence-electron chi connectivity index (χ1n) is 9.04. The SMILES string of the molecule is O=C(N1CCC[C@@H]1[C@@H]1COCC[C@@H]1O)C(F)(F)C1(O)CCCCC1. The molecule has 2 N–H and O–H groups in total. The number of carbonyl (C=O) groups excluding carboxylic acids is 1. The number of amides is 1. The highest BCUT2D eigenvalue weighted by Crippen LogP contribution is 2.43. The van der Waals surface area contributed by atoms with E-state index in [2.05, 4.69) is 0 Å². The van der Waals surface area contributed by atoms with Crippen LogP contribution in [-0.4, -0.2) is 64.4 Å². The van der Waals surface area contributed by atoms with Gasteiger partial charge >= 0.3 is 5.92 Å². The molecule has 0 aromatic carbocycles. The van der Waals surface area contributed by atoms with Gasteiger partial charge in [-0.05, 0) is 32.1 Å². The number of hydrogen-bond acceptors (Lipinski definition) is 4. The summed E-state index contributed by atoms with van der Waals surface area (Å²) in [4.78, 5) is 13.8. The second kappa shape index (κ2) is 6.84. The van der Waals surface area contributed by atoms with Crippen LogP contribution < -0.4 is 0 Å². The number of alkyl halides is 2. The van der Waals surface area contributed by atoms with E-state index < -0.39 is 29.6 Å². The van der Waals surface area contributed by atoms with Gasteiger partial charge in [0, 0.05) is 25.1 Å². The van der Waals surface area contributed by atoms with E-state index in [1.54, 1.807) is 0 Å². The third-order valence-corrected chi connectivity index (χ3v) is 5.95. The summed E-state index contributed by atoms with van der Waals surface area (Å²) in [7, 11) is 0. The van der Waals surface area contributed by atoms with Crippen LogP contribution in [0.15, 0.2) is 0 Å². The lowest BCUT2D eigenvalue weighted by Gasteiger charge is -2.42. The highest BCUT2D eigenvalue weighted by atomic mass is 19.3. The Morgan fingerprint density at radius 3 is 2.54 bits per heavy atom. The average molecular weight is 347 g/mol. The predicted octanol–water partition coefficient (Wildman–Crippen LogP) is 1.71. The molecule has 138 valence electrons. The Bertz CT molecular complexity index is 468. The van der Waals surface area contributed by atoms with Gasteiger partial charge in [-0.3, -0.25) is 4.79 Å². The van der Waals surface area contributed by atoms with E-state index in [1.165, 1.54) is 4.90 Å². The zero-order valence-corrected chi connectivity index (χ0v) is 13.9. The summed E-state index contributed by atoms with van der Waals surface area (Å²) in [5, 5.41) is 20.6. The molecule has 2 saturated heterocycles. The zero-order valence-electron chi connectivity index (χ0n) is 13.9. The van der Waals surface area contributed by atoms with Gasteiger partial charge in [-0.1, -0.05) is 19.3 Å². The number of rotatable bonds is 3. The van der Waals surface area contributed by atoms with E-state index in [1.807, 2.05) is 0 Å². The van der Waals surface area contributed by atoms with Gasteiger partial charge in [-0.15, -0.1) is 0 Å². The van der Waals surface area contributed by atoms with Crippen molar-refractivity contribution >= 4 is 5.91 Å². The molecule has 5 nitrogen and oxygen atoms in total. The van der Waals surface area contributed by atoms with E-state index in [0.717, 1.165) is 6.42 Å². The van der Waals surface area contributed by atoms with Crippen molar-refractivity contribution in [3.8, 4) is 0 Å². The number of halogens is 2. The molecule has 0 bridgehead atoms. The minimum atomic E-state index is -3.78. The minimum absolute atomic E-state index is 0.0423. The molecule has 3 fully saturated rings. The molecule has 1 saturated carbocycles. The van der Waals surface area contributed by atoms with Crippen LogP contribution in [0.2, 0.25) is 0 Å². The first-order valence-corrected chi connectivity index (χ1v) is 9.04. The molecule has 0 radical (unpaired) electrons. The summed E-state index contributed by atoms with van der Waals surface area (Å²) in [6.45, 7) is 0.984. The number of carbonyl (C=O) groups is 1. The Hall–Kier alpha value is -0.790. The maximum Gasteiger partial charge on any atom is 0.352 e. The first-order chi connectivity index (χ1) is 11.4. The van der Waals surface area contributed by atoms with Crippen LogP contribution in [0.3, 0.4) is 0 Å². The number of aliphatic hydroxyl groups excluding tert-OH is 1. The molecular weight excluding hydrogens is 320 g/mol. The van der Waals surface area contributed by atoms with Gasteiger partial charge in [0.15, 0.2) is 0 Å². The van der Waals surface area contributed by atoms with E-state index in [4.69, 9.17) is 4.74 Å². The molecule has 24 heavy (non-hydrogen) atoms. The third-order valence-electron chi connectivity index (χ3n) is 5.95. The Labute approximate surface area is 141 Å². The lowest BCUT2D eigenvalue weighted by Crippen LogP contribution is -2.61. The molecule has 0 spiro atoms. The molecule has 1 aliphatic carbocycles. The fourth-order valence-corrected chi connectivity index (χ4v) is 4.44. The maximum absolute atomic E-state index is 14.8. The van der Waals surface area contributed by atoms with Crippen molar-refractivity contribution in [3.63, 3.8) is 0 Å². The summed E-state index contributed by atoms with van der Waals surface area (Å²) in [6, 6.07) is -0.439. The minimum Gasteiger partial charge on any atom is -0.393 e. The summed E-state index contributed by atoms with van der Waals surface area (Å²) < 4.78 is 35.1. The van der Waals surface area contributed by atoms with Crippen LogP contribution >= 0.6 is 0 Å². The zero-order chi connectivity index (χ0) is 17.4. The molecular formula is C17H27F2NO4. The first kappa shape index (κ1) is 18.0. The molecule has 2 aliphatic heterocycles. The lowest BCUT2D eigenvalue weighted by molar-refractivity contribution is -0.212. The summed E-state index contributed by atoms with van der Waals surface area (Å²) in [5.74, 6) is -5.40. The van der Waals surface area contributed by atoms with E-state index in [0.29, 0.717) is 38.7 Å². The van der Waals surface area contributed by atoms with Crippen LogP contribution in [0.1, 0.15) is 51.4 Å². The highest BCUT2D eigenvalue weighted by molar-refractivity contribution is 5.85. The van der Waals surface area contributed by atoms with Crippen molar-refractivity contribution in [2.45, 2.75) is 75.0 Å². The smallest absolute Gasteiger partial charge is 0.352 e. The van der Waals surface area contributed by atoms with Crippen molar-refractivity contribution in [2.24, 2.45) is 5.92 Å². The average Bonchev–Trinajstić information content (AvgIpc) is 3.04. The van der Waals surface area contributed by atoms with Crippen molar-refractivity contribution < 1.29 is 28.5 Å². The van der Waals surface area contributed by atoms with Crippen LogP contribution in [0, 0.1) is 5.92 Å². The Kier molecular flexibility index (Phi) is 5.14. The van der Waals surface area contributed by atoms with E-state index in [-0.39, 0.29) is 31.9 Å². The molecule has 0 aromatic rings. The number of ether oxygens (including phenoxy) is 1. The Morgan fingerprint density at radius 1 is 1.17 bits per heavy atom. The fraction of sp³-hybridized carbons (Fsp3) is 0.941. The van der Waals surface area contributed by atoms with Crippen LogP contribution in [0.25, 0.3) is 0 Å². The molecule has 3 rings (SSSR count). The number of nitrogens with zero attached hydrogens (tertiary/aromatic N) is 1. The summed E-state index contributed by atoms with van der Waals surface area (Å²) in [6.07, 6.45) is 2.80. The predicted molar refractivity (Wildman–Crippen MR) is 82.6 cm³/mol. The molecule has 0 unspecified atom stereocenters. The normalized spacial score (nSPS) is 34.3. The monoisotopic (exact) mass is 347 g/mol. The molecule has 0 aromatic heterocycles. The number of aliphatic hydroxyl groups is 2. The van der Waals surface area contributed by atoms with Gasteiger partial charge in [-0.2, -0.15) is 8.78 Å². The van der Waals surface area contributed by atoms with Crippen molar-refractivity contribution in [2.75, 3.05) is 19.8 Å². The third kappa shape index (κ3) is 3.06. The van der Waals surface area contributed by atoms with Gasteiger partial charge in [0.25, 0.3) is 5.91 Å². The molecule has 3 atom stereocenters. The van der Waals surface area contributed by atoms with Gasteiger partial charge < -0.3 is 19.8 Å². The van der Waals surface area contributed by atoms with Gasteiger partial charge in [0.05, 0.1) is 12.7 Å². The summed E-state index contributed by atoms with van der Waals surface area (Å²) in [5.41, 5.74) is -2.24. The van der Waals surface area contributed by atoms with Crippen LogP contribution in [-0.2, 0) is 9.53 Å². The highest BCUT2D eigenvalue weighted by Gasteiger charge is 2.60. The van der Waals surface area contributed by atoms with Crippen molar-refractivity contribution in [3.05, 3.63) is 0 Å². The number of likely N-dealkylation sites (tertiary alicyclic amines) is 1. The Balaban J connectivity index is 1.77. The Morgan fingerprint density at radius 2 is 1.88 bits per heavy atom. The maximum atomic E-state index is 14.8. The fourth-order valence-electron chi connectivity index (χ4n) is 4.44. The van der Waals surface area contributed by atoms with Gasteiger partial charge in [0.2, 0.25) is 0 Å². The number of hydrogen-bond donors (Lipinski definition) is 2. The largest absolute Gasteiger partial charge is 0.393 e. The van der Waals surface area contributed by atoms with Crippen LogP contribution in [0.5, 0.6) is 0 Å². The standard InChI is InChI=1S/C17H27F2NO4/c18-17(19,16(23)7-2-1-3-8-16)15(22)20-9-4-5-13(20)12-11-24-10-6-14(12)21/h12-14,21,23H,1-11H2/t12-,13+,14-/m0/s1. The topological polar surface area (TPSA) is 70.0 Å². The summed E-state index contributed by atoms with van der Waals surface area (Å²) >= 11 is 0. The lowest BCUT2D eigenvalue weighted by atomic mass is 9.79. The molecule has 7 heteroatoms. The second-order valence-electron chi connectivity index (χ2n) is 7.47. The quantitative estimate of drug-likeness (QED) is 0.815. The molecule has 2 heterocycles. The van der Waals surface area contributed by atoms with E-state index >= 15 is 0 Å². The van der Waals surface area contributed by atoms with Gasteiger partial charge in [0.1, 0.15) is 5.60 Å². The molecule has 1 amide bonds. The van der Waals surface area contributed by atoms with Gasteiger partial charge in [-0.25, -0.2) is 0 Å². The van der Waals surface area contributed by atoms with Crippen molar-refractivity contribution in [1.82, 2.24) is 4.90 Å². The molecule has 3 aliphatic rings. The van der Waals surface area contributed by atoms with Crippen LogP contribution in [0.4, 0.5) is 8.78 Å². The second-order valence-corrected chi connectivity index (χ2v) is 7.47. The van der Waals surface area contributed by atoms with Crippen molar-refractivity contribution in [1.29, 1.82) is 0 Å². The van der Waals surface area contributed by atoms with E-state index in [9.17, 15) is 23.8 Å².